The molecule has 0 saturated carbocycles. The number of carbonyl (C=O) groups excluding carboxylic acids is 2. The molecule has 6 heteroatoms. The molecule has 2 aliphatic heterocycles. The van der Waals surface area contributed by atoms with Gasteiger partial charge in [-0.2, -0.15) is 0 Å². The maximum absolute atomic E-state index is 12.8. The highest BCUT2D eigenvalue weighted by Crippen LogP contribution is 2.28. The second-order valence-corrected chi connectivity index (χ2v) is 6.58. The van der Waals surface area contributed by atoms with E-state index in [-0.39, 0.29) is 24.3 Å². The SMILES string of the molecule is Cc1ccccc1N1CC(C(=O)N2CCN(CCO)CC2)CC1=O. The van der Waals surface area contributed by atoms with Gasteiger partial charge in [-0.15, -0.1) is 0 Å². The first-order chi connectivity index (χ1) is 11.6. The van der Waals surface area contributed by atoms with Crippen molar-refractivity contribution < 1.29 is 14.7 Å². The van der Waals surface area contributed by atoms with Crippen molar-refractivity contribution in [1.82, 2.24) is 9.80 Å². The number of hydrogen-bond acceptors (Lipinski definition) is 4. The van der Waals surface area contributed by atoms with Gasteiger partial charge in [-0.05, 0) is 18.6 Å². The minimum Gasteiger partial charge on any atom is -0.395 e. The lowest BCUT2D eigenvalue weighted by atomic mass is 10.1. The predicted molar refractivity (Wildman–Crippen MR) is 91.7 cm³/mol. The Hall–Kier alpha value is -1.92. The number of benzene rings is 1. The number of aliphatic hydroxyl groups is 1. The Balaban J connectivity index is 1.62. The van der Waals surface area contributed by atoms with Gasteiger partial charge in [0.05, 0.1) is 12.5 Å². The molecule has 1 aromatic carbocycles. The fourth-order valence-corrected chi connectivity index (χ4v) is 3.56. The Bertz CT molecular complexity index is 611. The molecular weight excluding hydrogens is 306 g/mol. The standard InChI is InChI=1S/C18H25N3O3/c1-14-4-2-3-5-16(14)21-13-15(12-17(21)23)18(24)20-8-6-19(7-9-20)10-11-22/h2-5,15,22H,6-13H2,1H3. The van der Waals surface area contributed by atoms with Crippen LogP contribution in [0.2, 0.25) is 0 Å². The lowest BCUT2D eigenvalue weighted by Gasteiger charge is -2.35. The summed E-state index contributed by atoms with van der Waals surface area (Å²) in [6.45, 7) is 6.18. The van der Waals surface area contributed by atoms with E-state index in [0.29, 0.717) is 32.6 Å². The average Bonchev–Trinajstić information content (AvgIpc) is 2.97. The highest BCUT2D eigenvalue weighted by molar-refractivity contribution is 6.00. The molecule has 24 heavy (non-hydrogen) atoms. The van der Waals surface area contributed by atoms with E-state index < -0.39 is 0 Å². The van der Waals surface area contributed by atoms with Crippen LogP contribution >= 0.6 is 0 Å². The Labute approximate surface area is 142 Å². The number of aryl methyl sites for hydroxylation is 1. The monoisotopic (exact) mass is 331 g/mol. The van der Waals surface area contributed by atoms with Gasteiger partial charge in [-0.25, -0.2) is 0 Å². The van der Waals surface area contributed by atoms with Crippen molar-refractivity contribution in [3.05, 3.63) is 29.8 Å². The van der Waals surface area contributed by atoms with E-state index in [1.54, 1.807) is 4.90 Å². The van der Waals surface area contributed by atoms with Gasteiger partial charge >= 0.3 is 0 Å². The van der Waals surface area contributed by atoms with E-state index in [1.807, 2.05) is 36.1 Å². The van der Waals surface area contributed by atoms with Crippen LogP contribution in [0.1, 0.15) is 12.0 Å². The maximum Gasteiger partial charge on any atom is 0.228 e. The molecule has 0 radical (unpaired) electrons. The lowest BCUT2D eigenvalue weighted by Crippen LogP contribution is -2.51. The van der Waals surface area contributed by atoms with Gasteiger partial charge in [0.25, 0.3) is 0 Å². The molecular formula is C18H25N3O3. The number of anilines is 1. The first-order valence-corrected chi connectivity index (χ1v) is 8.58. The highest BCUT2D eigenvalue weighted by Gasteiger charge is 2.38. The minimum absolute atomic E-state index is 0.0292. The van der Waals surface area contributed by atoms with Gasteiger partial charge in [0, 0.05) is 51.4 Å². The summed E-state index contributed by atoms with van der Waals surface area (Å²) in [5, 5.41) is 8.99. The quantitative estimate of drug-likeness (QED) is 0.872. The molecule has 130 valence electrons. The summed E-state index contributed by atoms with van der Waals surface area (Å²) in [6.07, 6.45) is 0.296. The van der Waals surface area contributed by atoms with Crippen LogP contribution in [0.4, 0.5) is 5.69 Å². The van der Waals surface area contributed by atoms with Crippen LogP contribution in [-0.2, 0) is 9.59 Å². The van der Waals surface area contributed by atoms with Gasteiger partial charge < -0.3 is 14.9 Å². The fraction of sp³-hybridized carbons (Fsp3) is 0.556. The van der Waals surface area contributed by atoms with Crippen LogP contribution in [0.5, 0.6) is 0 Å². The predicted octanol–water partition coefficient (Wildman–Crippen LogP) is 0.484. The zero-order valence-corrected chi connectivity index (χ0v) is 14.1. The Morgan fingerprint density at radius 3 is 2.58 bits per heavy atom. The van der Waals surface area contributed by atoms with E-state index in [4.69, 9.17) is 5.11 Å². The maximum atomic E-state index is 12.8. The first kappa shape index (κ1) is 16.9. The zero-order chi connectivity index (χ0) is 17.1. The topological polar surface area (TPSA) is 64.1 Å². The Kier molecular flexibility index (Phi) is 5.16. The second kappa shape index (κ2) is 7.32. The highest BCUT2D eigenvalue weighted by atomic mass is 16.3. The summed E-state index contributed by atoms with van der Waals surface area (Å²) in [4.78, 5) is 30.9. The summed E-state index contributed by atoms with van der Waals surface area (Å²) >= 11 is 0. The summed E-state index contributed by atoms with van der Waals surface area (Å²) in [6, 6.07) is 7.80. The number of nitrogens with zero attached hydrogens (tertiary/aromatic N) is 3. The van der Waals surface area contributed by atoms with E-state index in [9.17, 15) is 9.59 Å². The molecule has 2 aliphatic rings. The van der Waals surface area contributed by atoms with E-state index in [2.05, 4.69) is 4.90 Å². The normalized spacial score (nSPS) is 22.2. The number of amides is 2. The third kappa shape index (κ3) is 3.44. The molecule has 2 fully saturated rings. The van der Waals surface area contributed by atoms with E-state index in [1.165, 1.54) is 0 Å². The number of β-amino-alcohol motifs (C(OH)–C–C–N with tert-alkyl or cyclic N) is 1. The molecule has 1 aromatic rings. The smallest absolute Gasteiger partial charge is 0.228 e. The molecule has 1 N–H and O–H groups in total. The number of rotatable bonds is 4. The molecule has 0 spiro atoms. The van der Waals surface area contributed by atoms with Crippen molar-refractivity contribution in [1.29, 1.82) is 0 Å². The lowest BCUT2D eigenvalue weighted by molar-refractivity contribution is -0.137. The number of piperazine rings is 1. The minimum atomic E-state index is -0.249. The molecule has 1 unspecified atom stereocenters. The summed E-state index contributed by atoms with van der Waals surface area (Å²) in [5.41, 5.74) is 1.96. The third-order valence-corrected chi connectivity index (χ3v) is 4.98. The molecule has 1 atom stereocenters. The fourth-order valence-electron chi connectivity index (χ4n) is 3.56. The van der Waals surface area contributed by atoms with Gasteiger partial charge in [0.1, 0.15) is 0 Å². The number of hydrogen-bond donors (Lipinski definition) is 1. The van der Waals surface area contributed by atoms with Gasteiger partial charge in [0.15, 0.2) is 0 Å². The number of carbonyl (C=O) groups is 2. The van der Waals surface area contributed by atoms with Crippen LogP contribution in [0.3, 0.4) is 0 Å². The van der Waals surface area contributed by atoms with Gasteiger partial charge in [-0.3, -0.25) is 14.5 Å². The Morgan fingerprint density at radius 2 is 1.92 bits per heavy atom. The van der Waals surface area contributed by atoms with Crippen LogP contribution in [0, 0.1) is 12.8 Å². The molecule has 3 rings (SSSR count). The molecule has 2 saturated heterocycles. The first-order valence-electron chi connectivity index (χ1n) is 8.58. The van der Waals surface area contributed by atoms with Crippen LogP contribution < -0.4 is 4.90 Å². The molecule has 2 heterocycles. The molecule has 0 aliphatic carbocycles. The van der Waals surface area contributed by atoms with Crippen molar-refractivity contribution in [3.63, 3.8) is 0 Å². The van der Waals surface area contributed by atoms with Crippen LogP contribution in [0.25, 0.3) is 0 Å². The summed E-state index contributed by atoms with van der Waals surface area (Å²) < 4.78 is 0. The second-order valence-electron chi connectivity index (χ2n) is 6.58. The van der Waals surface area contributed by atoms with E-state index in [0.717, 1.165) is 24.3 Å². The van der Waals surface area contributed by atoms with E-state index >= 15 is 0 Å². The molecule has 6 nitrogen and oxygen atoms in total. The van der Waals surface area contributed by atoms with Crippen molar-refractivity contribution in [2.75, 3.05) is 50.8 Å². The third-order valence-electron chi connectivity index (χ3n) is 4.98. The van der Waals surface area contributed by atoms with Crippen LogP contribution in [-0.4, -0.2) is 72.6 Å². The van der Waals surface area contributed by atoms with Gasteiger partial charge in [-0.1, -0.05) is 18.2 Å². The Morgan fingerprint density at radius 1 is 1.21 bits per heavy atom. The summed E-state index contributed by atoms with van der Waals surface area (Å²) in [5.74, 6) is -0.133. The summed E-state index contributed by atoms with van der Waals surface area (Å²) in [7, 11) is 0. The molecule has 0 bridgehead atoms. The van der Waals surface area contributed by atoms with Crippen molar-refractivity contribution in [2.24, 2.45) is 5.92 Å². The number of para-hydroxylation sites is 1. The zero-order valence-electron chi connectivity index (χ0n) is 14.1. The van der Waals surface area contributed by atoms with Crippen molar-refractivity contribution in [3.8, 4) is 0 Å². The van der Waals surface area contributed by atoms with Crippen molar-refractivity contribution >= 4 is 17.5 Å². The largest absolute Gasteiger partial charge is 0.395 e. The van der Waals surface area contributed by atoms with Crippen molar-refractivity contribution in [2.45, 2.75) is 13.3 Å². The average molecular weight is 331 g/mol. The van der Waals surface area contributed by atoms with Gasteiger partial charge in [0.2, 0.25) is 11.8 Å². The molecule has 2 amide bonds. The van der Waals surface area contributed by atoms with Crippen LogP contribution in [0.15, 0.2) is 24.3 Å². The number of aliphatic hydroxyl groups excluding tert-OH is 1. The molecule has 0 aromatic heterocycles.